The molecule has 1 aromatic rings. The lowest BCUT2D eigenvalue weighted by Crippen LogP contribution is -2.16. The third kappa shape index (κ3) is 1.64. The van der Waals surface area contributed by atoms with Gasteiger partial charge in [0.2, 0.25) is 0 Å². The van der Waals surface area contributed by atoms with Gasteiger partial charge in [-0.25, -0.2) is 0 Å². The van der Waals surface area contributed by atoms with Crippen molar-refractivity contribution < 1.29 is 4.74 Å². The Kier molecular flexibility index (Phi) is 2.28. The zero-order chi connectivity index (χ0) is 11.1. The fourth-order valence-electron chi connectivity index (χ4n) is 2.20. The molecule has 0 aliphatic carbocycles. The fourth-order valence-corrected chi connectivity index (χ4v) is 2.20. The third-order valence-electron chi connectivity index (χ3n) is 2.78. The molecule has 2 rings (SSSR count). The van der Waals surface area contributed by atoms with Gasteiger partial charge in [0.25, 0.3) is 0 Å². The number of nitriles is 1. The van der Waals surface area contributed by atoms with E-state index in [9.17, 15) is 0 Å². The second-order valence-corrected chi connectivity index (χ2v) is 4.98. The van der Waals surface area contributed by atoms with Gasteiger partial charge in [0, 0.05) is 0 Å². The van der Waals surface area contributed by atoms with Crippen LogP contribution in [0.5, 0.6) is 0 Å². The standard InChI is InChI=1S/C13H15NO/c1-13(2,3)12-9(6-14)4-5-10-7-15-8-11(10)12/h4-5H,7-8H2,1-3H3. The molecule has 2 nitrogen and oxygen atoms in total. The van der Waals surface area contributed by atoms with E-state index in [-0.39, 0.29) is 5.41 Å². The highest BCUT2D eigenvalue weighted by atomic mass is 16.5. The van der Waals surface area contributed by atoms with Crippen LogP contribution in [0, 0.1) is 11.3 Å². The summed E-state index contributed by atoms with van der Waals surface area (Å²) in [5.41, 5.74) is 4.40. The maximum atomic E-state index is 9.12. The van der Waals surface area contributed by atoms with Crippen molar-refractivity contribution in [2.24, 2.45) is 0 Å². The van der Waals surface area contributed by atoms with E-state index in [0.29, 0.717) is 13.2 Å². The van der Waals surface area contributed by atoms with E-state index < -0.39 is 0 Å². The first-order valence-corrected chi connectivity index (χ1v) is 5.17. The minimum Gasteiger partial charge on any atom is -0.372 e. The van der Waals surface area contributed by atoms with Crippen LogP contribution in [-0.4, -0.2) is 0 Å². The Morgan fingerprint density at radius 2 is 2.00 bits per heavy atom. The third-order valence-corrected chi connectivity index (χ3v) is 2.78. The second kappa shape index (κ2) is 3.36. The van der Waals surface area contributed by atoms with Gasteiger partial charge in [-0.3, -0.25) is 0 Å². The highest BCUT2D eigenvalue weighted by Crippen LogP contribution is 2.34. The smallest absolute Gasteiger partial charge is 0.0994 e. The van der Waals surface area contributed by atoms with Gasteiger partial charge < -0.3 is 4.74 Å². The number of ether oxygens (including phenoxy) is 1. The Morgan fingerprint density at radius 3 is 2.60 bits per heavy atom. The summed E-state index contributed by atoms with van der Waals surface area (Å²) < 4.78 is 5.44. The van der Waals surface area contributed by atoms with E-state index in [2.05, 4.69) is 26.8 Å². The molecule has 0 aromatic heterocycles. The minimum atomic E-state index is 0.00407. The lowest BCUT2D eigenvalue weighted by Gasteiger charge is -2.23. The molecule has 0 spiro atoms. The van der Waals surface area contributed by atoms with Crippen molar-refractivity contribution in [3.05, 3.63) is 34.4 Å². The first-order chi connectivity index (χ1) is 7.04. The molecule has 0 unspecified atom stereocenters. The van der Waals surface area contributed by atoms with Crippen molar-refractivity contribution in [3.8, 4) is 6.07 Å². The number of benzene rings is 1. The van der Waals surface area contributed by atoms with E-state index in [1.165, 1.54) is 11.1 Å². The Morgan fingerprint density at radius 1 is 1.27 bits per heavy atom. The molecule has 1 aliphatic heterocycles. The lowest BCUT2D eigenvalue weighted by molar-refractivity contribution is 0.134. The van der Waals surface area contributed by atoms with Crippen LogP contribution in [0.3, 0.4) is 0 Å². The van der Waals surface area contributed by atoms with E-state index >= 15 is 0 Å². The average molecular weight is 201 g/mol. The molecule has 1 heterocycles. The molecule has 0 saturated heterocycles. The number of nitrogens with zero attached hydrogens (tertiary/aromatic N) is 1. The predicted molar refractivity (Wildman–Crippen MR) is 58.4 cm³/mol. The van der Waals surface area contributed by atoms with Gasteiger partial charge in [0.1, 0.15) is 0 Å². The topological polar surface area (TPSA) is 33.0 Å². The largest absolute Gasteiger partial charge is 0.372 e. The summed E-state index contributed by atoms with van der Waals surface area (Å²) in [6.07, 6.45) is 0. The summed E-state index contributed by atoms with van der Waals surface area (Å²) in [6.45, 7) is 7.76. The van der Waals surface area contributed by atoms with Crippen LogP contribution < -0.4 is 0 Å². The minimum absolute atomic E-state index is 0.00407. The fraction of sp³-hybridized carbons (Fsp3) is 0.462. The Hall–Kier alpha value is -1.33. The van der Waals surface area contributed by atoms with Crippen molar-refractivity contribution in [2.75, 3.05) is 0 Å². The van der Waals surface area contributed by atoms with Crippen LogP contribution in [0.1, 0.15) is 43.0 Å². The monoisotopic (exact) mass is 201 g/mol. The van der Waals surface area contributed by atoms with Crippen LogP contribution >= 0.6 is 0 Å². The zero-order valence-corrected chi connectivity index (χ0v) is 9.42. The Balaban J connectivity index is 2.69. The molecule has 0 fully saturated rings. The van der Waals surface area contributed by atoms with E-state index in [1.54, 1.807) is 0 Å². The Labute approximate surface area is 90.5 Å². The molecule has 0 radical (unpaired) electrons. The first kappa shape index (κ1) is 10.2. The summed E-state index contributed by atoms with van der Waals surface area (Å²) in [5.74, 6) is 0. The SMILES string of the molecule is CC(C)(C)c1c(C#N)ccc2c1COC2. The molecule has 0 amide bonds. The Bertz CT molecular complexity index is 435. The van der Waals surface area contributed by atoms with Crippen LogP contribution in [0.4, 0.5) is 0 Å². The highest BCUT2D eigenvalue weighted by molar-refractivity contribution is 5.50. The summed E-state index contributed by atoms with van der Waals surface area (Å²) in [4.78, 5) is 0. The molecule has 2 heteroatoms. The molecule has 0 N–H and O–H groups in total. The quantitative estimate of drug-likeness (QED) is 0.646. The van der Waals surface area contributed by atoms with Crippen molar-refractivity contribution in [1.82, 2.24) is 0 Å². The molecule has 15 heavy (non-hydrogen) atoms. The number of hydrogen-bond donors (Lipinski definition) is 0. The van der Waals surface area contributed by atoms with E-state index in [1.807, 2.05) is 12.1 Å². The van der Waals surface area contributed by atoms with Gasteiger partial charge in [-0.1, -0.05) is 26.8 Å². The molecule has 0 atom stereocenters. The van der Waals surface area contributed by atoms with Crippen LogP contribution in [0.15, 0.2) is 12.1 Å². The van der Waals surface area contributed by atoms with Crippen molar-refractivity contribution in [3.63, 3.8) is 0 Å². The summed E-state index contributed by atoms with van der Waals surface area (Å²) >= 11 is 0. The lowest BCUT2D eigenvalue weighted by atomic mass is 9.80. The molecule has 0 bridgehead atoms. The van der Waals surface area contributed by atoms with Gasteiger partial charge in [0.05, 0.1) is 24.8 Å². The number of hydrogen-bond acceptors (Lipinski definition) is 2. The summed E-state index contributed by atoms with van der Waals surface area (Å²) in [7, 11) is 0. The molecule has 78 valence electrons. The predicted octanol–water partition coefficient (Wildman–Crippen LogP) is 2.89. The van der Waals surface area contributed by atoms with Gasteiger partial charge in [-0.2, -0.15) is 5.26 Å². The average Bonchev–Trinajstić information content (AvgIpc) is 2.61. The summed E-state index contributed by atoms with van der Waals surface area (Å²) in [5, 5.41) is 9.12. The maximum absolute atomic E-state index is 9.12. The number of rotatable bonds is 0. The van der Waals surface area contributed by atoms with Crippen LogP contribution in [0.25, 0.3) is 0 Å². The molecule has 0 saturated carbocycles. The second-order valence-electron chi connectivity index (χ2n) is 4.98. The van der Waals surface area contributed by atoms with Crippen LogP contribution in [-0.2, 0) is 23.4 Å². The van der Waals surface area contributed by atoms with Gasteiger partial charge in [-0.15, -0.1) is 0 Å². The molecular weight excluding hydrogens is 186 g/mol. The van der Waals surface area contributed by atoms with E-state index in [0.717, 1.165) is 11.1 Å². The maximum Gasteiger partial charge on any atom is 0.0994 e. The first-order valence-electron chi connectivity index (χ1n) is 5.17. The van der Waals surface area contributed by atoms with E-state index in [4.69, 9.17) is 10.00 Å². The van der Waals surface area contributed by atoms with Gasteiger partial charge in [-0.05, 0) is 28.2 Å². The van der Waals surface area contributed by atoms with Gasteiger partial charge >= 0.3 is 0 Å². The highest BCUT2D eigenvalue weighted by Gasteiger charge is 2.26. The molecule has 1 aliphatic rings. The molecular formula is C13H15NO. The van der Waals surface area contributed by atoms with Crippen LogP contribution in [0.2, 0.25) is 0 Å². The number of fused-ring (bicyclic) bond motifs is 1. The van der Waals surface area contributed by atoms with Gasteiger partial charge in [0.15, 0.2) is 0 Å². The zero-order valence-electron chi connectivity index (χ0n) is 9.42. The molecule has 1 aromatic carbocycles. The van der Waals surface area contributed by atoms with Crippen molar-refractivity contribution >= 4 is 0 Å². The van der Waals surface area contributed by atoms with Crippen molar-refractivity contribution in [1.29, 1.82) is 5.26 Å². The normalized spacial score (nSPS) is 14.8. The summed E-state index contributed by atoms with van der Waals surface area (Å²) in [6, 6.07) is 6.20. The van der Waals surface area contributed by atoms with Crippen molar-refractivity contribution in [2.45, 2.75) is 39.4 Å².